The van der Waals surface area contributed by atoms with Gasteiger partial charge in [0.05, 0.1) is 25.4 Å². The Morgan fingerprint density at radius 2 is 0.756 bits per heavy atom. The number of ether oxygens (including phenoxy) is 2. The summed E-state index contributed by atoms with van der Waals surface area (Å²) in [5.74, 6) is -0.624. The summed E-state index contributed by atoms with van der Waals surface area (Å²) in [5.41, 5.74) is 0. The summed E-state index contributed by atoms with van der Waals surface area (Å²) in [5, 5.41) is 65.1. The van der Waals surface area contributed by atoms with Gasteiger partial charge in [-0.15, -0.1) is 0 Å². The van der Waals surface area contributed by atoms with Gasteiger partial charge in [0, 0.05) is 0 Å². The Bertz CT molecular complexity index is 1340. The zero-order chi connectivity index (χ0) is 56.6. The van der Waals surface area contributed by atoms with E-state index in [2.05, 4.69) is 43.5 Å². The van der Waals surface area contributed by atoms with Gasteiger partial charge in [0.1, 0.15) is 30.5 Å². The number of carbonyl (C=O) groups is 1. The summed E-state index contributed by atoms with van der Waals surface area (Å²) < 4.78 is 11.2. The third-order valence-corrected chi connectivity index (χ3v) is 16.3. The SMILES string of the molecule is CCCCCCCCC/C=C/CC/C=C/CC/C=C/C(O)C(COC1OC(CO)C(O)C(O)C1O)NC(=O)C(O)CCCCCCCCCCCCCCCCCCCCCCCCCCCCCCCCCCCCCC. The molecule has 0 aromatic rings. The molecule has 8 atom stereocenters. The number of allylic oxidation sites excluding steroid dienone is 5. The van der Waals surface area contributed by atoms with E-state index in [9.17, 15) is 35.4 Å². The van der Waals surface area contributed by atoms with Crippen molar-refractivity contribution >= 4 is 5.91 Å². The molecule has 0 bridgehead atoms. The van der Waals surface area contributed by atoms with Crippen molar-refractivity contribution in [1.82, 2.24) is 5.32 Å². The average Bonchev–Trinajstić information content (AvgIpc) is 3.44. The fourth-order valence-corrected chi connectivity index (χ4v) is 10.9. The van der Waals surface area contributed by atoms with Gasteiger partial charge in [-0.2, -0.15) is 0 Å². The molecule has 0 spiro atoms. The van der Waals surface area contributed by atoms with Crippen molar-refractivity contribution in [3.8, 4) is 0 Å². The lowest BCUT2D eigenvalue weighted by atomic mass is 9.99. The molecule has 10 heteroatoms. The molecule has 0 aliphatic carbocycles. The Kier molecular flexibility index (Phi) is 54.5. The van der Waals surface area contributed by atoms with E-state index >= 15 is 0 Å². The van der Waals surface area contributed by atoms with Crippen LogP contribution >= 0.6 is 0 Å². The largest absolute Gasteiger partial charge is 0.394 e. The molecular weight excluding hydrogens is 975 g/mol. The van der Waals surface area contributed by atoms with Gasteiger partial charge < -0.3 is 45.4 Å². The van der Waals surface area contributed by atoms with Crippen molar-refractivity contribution in [3.63, 3.8) is 0 Å². The number of unbranched alkanes of at least 4 members (excludes halogenated alkanes) is 44. The van der Waals surface area contributed by atoms with Crippen LogP contribution in [0, 0.1) is 0 Å². The van der Waals surface area contributed by atoms with E-state index in [0.717, 1.165) is 44.9 Å². The van der Waals surface area contributed by atoms with Gasteiger partial charge in [-0.1, -0.05) is 320 Å². The minimum atomic E-state index is -1.62. The molecular formula is C68H129NO9. The third-order valence-electron chi connectivity index (χ3n) is 16.3. The molecule has 1 amide bonds. The van der Waals surface area contributed by atoms with Gasteiger partial charge in [-0.05, 0) is 44.9 Å². The molecule has 1 saturated heterocycles. The molecule has 1 fully saturated rings. The van der Waals surface area contributed by atoms with Crippen molar-refractivity contribution < 1.29 is 44.9 Å². The van der Waals surface area contributed by atoms with Crippen LogP contribution in [-0.4, -0.2) is 98.7 Å². The lowest BCUT2D eigenvalue weighted by Gasteiger charge is -2.40. The first-order valence-electron chi connectivity index (χ1n) is 33.8. The van der Waals surface area contributed by atoms with E-state index in [4.69, 9.17) is 9.47 Å². The van der Waals surface area contributed by atoms with Gasteiger partial charge in [0.2, 0.25) is 5.91 Å². The monoisotopic (exact) mass is 1100 g/mol. The molecule has 1 aliphatic rings. The van der Waals surface area contributed by atoms with E-state index in [1.165, 1.54) is 250 Å². The minimum Gasteiger partial charge on any atom is -0.394 e. The normalized spacial score (nSPS) is 19.2. The van der Waals surface area contributed by atoms with E-state index < -0.39 is 61.5 Å². The maximum atomic E-state index is 13.2. The van der Waals surface area contributed by atoms with Crippen LogP contribution in [0.1, 0.15) is 328 Å². The number of hydrogen-bond acceptors (Lipinski definition) is 9. The molecule has 1 heterocycles. The van der Waals surface area contributed by atoms with Gasteiger partial charge >= 0.3 is 0 Å². The molecule has 78 heavy (non-hydrogen) atoms. The topological polar surface area (TPSA) is 169 Å². The van der Waals surface area contributed by atoms with E-state index in [0.29, 0.717) is 19.3 Å². The highest BCUT2D eigenvalue weighted by molar-refractivity contribution is 5.80. The van der Waals surface area contributed by atoms with Crippen LogP contribution in [-0.2, 0) is 14.3 Å². The van der Waals surface area contributed by atoms with Crippen LogP contribution < -0.4 is 5.32 Å². The number of amides is 1. The fraction of sp³-hybridized carbons (Fsp3) is 0.897. The highest BCUT2D eigenvalue weighted by Gasteiger charge is 2.44. The summed E-state index contributed by atoms with van der Waals surface area (Å²) >= 11 is 0. The van der Waals surface area contributed by atoms with Gasteiger partial charge in [0.25, 0.3) is 0 Å². The lowest BCUT2D eigenvalue weighted by molar-refractivity contribution is -0.302. The van der Waals surface area contributed by atoms with Crippen LogP contribution in [0.4, 0.5) is 0 Å². The van der Waals surface area contributed by atoms with Crippen molar-refractivity contribution in [3.05, 3.63) is 36.5 Å². The van der Waals surface area contributed by atoms with Crippen molar-refractivity contribution in [2.45, 2.75) is 377 Å². The zero-order valence-electron chi connectivity index (χ0n) is 51.1. The number of hydrogen-bond donors (Lipinski definition) is 7. The number of aliphatic hydroxyl groups is 6. The summed E-state index contributed by atoms with van der Waals surface area (Å²) in [6.45, 7) is 3.63. The number of aliphatic hydroxyl groups excluding tert-OH is 6. The predicted octanol–water partition coefficient (Wildman–Crippen LogP) is 16.8. The van der Waals surface area contributed by atoms with Gasteiger partial charge in [-0.3, -0.25) is 4.79 Å². The Hall–Kier alpha value is -1.63. The summed E-state index contributed by atoms with van der Waals surface area (Å²) in [4.78, 5) is 13.2. The minimum absolute atomic E-state index is 0.305. The molecule has 8 unspecified atom stereocenters. The highest BCUT2D eigenvalue weighted by Crippen LogP contribution is 2.23. The maximum absolute atomic E-state index is 13.2. The molecule has 10 nitrogen and oxygen atoms in total. The van der Waals surface area contributed by atoms with Gasteiger partial charge in [-0.25, -0.2) is 0 Å². The first-order chi connectivity index (χ1) is 38.3. The standard InChI is InChI=1S/C68H129NO9/c1-3-5-7-9-11-13-15-17-19-21-22-23-24-25-26-27-28-29-30-31-32-33-34-35-36-37-38-39-41-43-45-47-49-51-53-55-57-62(72)67(76)69-60(59-77-68-66(75)65(74)64(73)63(58-70)78-68)61(71)56-54-52-50-48-46-44-42-40-20-18-16-14-12-10-8-6-4-2/h20,40,46,48,54,56,60-66,68,70-75H,3-19,21-39,41-45,47,49-53,55,57-59H2,1-2H3,(H,69,76)/b40-20+,48-46+,56-54+. The maximum Gasteiger partial charge on any atom is 0.249 e. The second kappa shape index (κ2) is 57.2. The molecule has 7 N–H and O–H groups in total. The van der Waals surface area contributed by atoms with Crippen LogP contribution in [0.25, 0.3) is 0 Å². The van der Waals surface area contributed by atoms with Gasteiger partial charge in [0.15, 0.2) is 6.29 Å². The summed E-state index contributed by atoms with van der Waals surface area (Å²) in [7, 11) is 0. The quantitative estimate of drug-likeness (QED) is 0.0232. The first-order valence-corrected chi connectivity index (χ1v) is 33.8. The van der Waals surface area contributed by atoms with Crippen LogP contribution in [0.5, 0.6) is 0 Å². The Morgan fingerprint density at radius 3 is 1.12 bits per heavy atom. The third kappa shape index (κ3) is 45.0. The van der Waals surface area contributed by atoms with E-state index in [1.807, 2.05) is 6.08 Å². The Morgan fingerprint density at radius 1 is 0.436 bits per heavy atom. The Labute approximate surface area is 481 Å². The predicted molar refractivity (Wildman–Crippen MR) is 329 cm³/mol. The van der Waals surface area contributed by atoms with Crippen LogP contribution in [0.3, 0.4) is 0 Å². The lowest BCUT2D eigenvalue weighted by Crippen LogP contribution is -2.60. The summed E-state index contributed by atoms with van der Waals surface area (Å²) in [6.07, 6.45) is 65.8. The molecule has 1 aliphatic heterocycles. The second-order valence-electron chi connectivity index (χ2n) is 23.8. The number of carbonyl (C=O) groups excluding carboxylic acids is 1. The summed E-state index contributed by atoms with van der Waals surface area (Å²) in [6, 6.07) is -1.00. The first kappa shape index (κ1) is 74.4. The second-order valence-corrected chi connectivity index (χ2v) is 23.8. The number of rotatable bonds is 59. The molecule has 1 rings (SSSR count). The molecule has 0 aromatic carbocycles. The molecule has 0 saturated carbocycles. The zero-order valence-corrected chi connectivity index (χ0v) is 51.1. The van der Waals surface area contributed by atoms with Crippen LogP contribution in [0.15, 0.2) is 36.5 Å². The Balaban J connectivity index is 2.11. The average molecular weight is 1100 g/mol. The number of nitrogens with one attached hydrogen (secondary N) is 1. The van der Waals surface area contributed by atoms with Crippen molar-refractivity contribution in [1.29, 1.82) is 0 Å². The van der Waals surface area contributed by atoms with Crippen molar-refractivity contribution in [2.75, 3.05) is 13.2 Å². The van der Waals surface area contributed by atoms with E-state index in [-0.39, 0.29) is 6.61 Å². The van der Waals surface area contributed by atoms with E-state index in [1.54, 1.807) is 6.08 Å². The highest BCUT2D eigenvalue weighted by atomic mass is 16.7. The fourth-order valence-electron chi connectivity index (χ4n) is 10.9. The van der Waals surface area contributed by atoms with Crippen LogP contribution in [0.2, 0.25) is 0 Å². The molecule has 460 valence electrons. The molecule has 0 aromatic heterocycles. The smallest absolute Gasteiger partial charge is 0.249 e. The molecule has 0 radical (unpaired) electrons. The van der Waals surface area contributed by atoms with Crippen molar-refractivity contribution in [2.24, 2.45) is 0 Å².